The highest BCUT2D eigenvalue weighted by molar-refractivity contribution is 9.10. The first-order chi connectivity index (χ1) is 13.2. The lowest BCUT2D eigenvalue weighted by Crippen LogP contribution is -2.16. The number of carbonyl (C=O) groups excluding carboxylic acids is 1. The normalized spacial score (nSPS) is 11.8. The number of anilines is 1. The standard InChI is InChI=1S/C21H22BrF2N3O/c1-4-19(28)16-6-5-15(9-13(16)2)27-12-26-20-17(10-14(22)11-18(20)27)25-8-7-21(3,23)24/h5-6,9-12,25H,4,7-8H2,1-3H3. The van der Waals surface area contributed by atoms with Crippen LogP contribution in [-0.2, 0) is 0 Å². The fraction of sp³-hybridized carbons (Fsp3) is 0.333. The number of aromatic nitrogens is 2. The Morgan fingerprint density at radius 2 is 2.04 bits per heavy atom. The number of fused-ring (bicyclic) bond motifs is 1. The Balaban J connectivity index is 1.98. The van der Waals surface area contributed by atoms with Gasteiger partial charge in [-0.2, -0.15) is 0 Å². The lowest BCUT2D eigenvalue weighted by molar-refractivity contribution is 0.0167. The SMILES string of the molecule is CCC(=O)c1ccc(-n2cnc3c(NCCC(C)(F)F)cc(Br)cc32)cc1C. The van der Waals surface area contributed by atoms with Gasteiger partial charge in [0.1, 0.15) is 11.8 Å². The van der Waals surface area contributed by atoms with Crippen molar-refractivity contribution in [1.82, 2.24) is 9.55 Å². The number of imidazole rings is 1. The number of ketones is 1. The summed E-state index contributed by atoms with van der Waals surface area (Å²) in [6.07, 6.45) is 1.91. The fourth-order valence-electron chi connectivity index (χ4n) is 3.14. The van der Waals surface area contributed by atoms with E-state index in [0.29, 0.717) is 17.6 Å². The molecule has 4 nitrogen and oxygen atoms in total. The molecule has 1 N–H and O–H groups in total. The van der Waals surface area contributed by atoms with Gasteiger partial charge in [0.15, 0.2) is 5.78 Å². The number of alkyl halides is 2. The Bertz CT molecular complexity index is 1020. The van der Waals surface area contributed by atoms with Gasteiger partial charge in [0.2, 0.25) is 5.92 Å². The molecule has 0 aliphatic rings. The monoisotopic (exact) mass is 449 g/mol. The van der Waals surface area contributed by atoms with Crippen molar-refractivity contribution in [3.63, 3.8) is 0 Å². The summed E-state index contributed by atoms with van der Waals surface area (Å²) in [5.74, 6) is -2.60. The van der Waals surface area contributed by atoms with E-state index in [1.165, 1.54) is 0 Å². The average molecular weight is 450 g/mol. The third kappa shape index (κ3) is 4.41. The second kappa shape index (κ2) is 7.99. The molecule has 2 aromatic carbocycles. The summed E-state index contributed by atoms with van der Waals surface area (Å²) >= 11 is 3.49. The van der Waals surface area contributed by atoms with Crippen LogP contribution in [0.3, 0.4) is 0 Å². The maximum Gasteiger partial charge on any atom is 0.247 e. The Kier molecular flexibility index (Phi) is 5.84. The number of nitrogens with one attached hydrogen (secondary N) is 1. The third-order valence-corrected chi connectivity index (χ3v) is 5.06. The molecule has 0 aliphatic carbocycles. The van der Waals surface area contributed by atoms with Crippen LogP contribution in [0.4, 0.5) is 14.5 Å². The molecule has 0 saturated heterocycles. The maximum atomic E-state index is 13.1. The van der Waals surface area contributed by atoms with Crippen molar-refractivity contribution >= 4 is 38.4 Å². The molecule has 3 aromatic rings. The Hall–Kier alpha value is -2.28. The molecule has 1 aromatic heterocycles. The van der Waals surface area contributed by atoms with Crippen molar-refractivity contribution in [1.29, 1.82) is 0 Å². The van der Waals surface area contributed by atoms with Gasteiger partial charge in [-0.25, -0.2) is 13.8 Å². The van der Waals surface area contributed by atoms with Crippen molar-refractivity contribution in [3.05, 3.63) is 52.3 Å². The smallest absolute Gasteiger partial charge is 0.247 e. The van der Waals surface area contributed by atoms with Crippen LogP contribution in [0.15, 0.2) is 41.1 Å². The van der Waals surface area contributed by atoms with Crippen LogP contribution in [0.1, 0.15) is 42.6 Å². The second-order valence-electron chi connectivity index (χ2n) is 6.96. The van der Waals surface area contributed by atoms with E-state index >= 15 is 0 Å². The molecule has 7 heteroatoms. The van der Waals surface area contributed by atoms with Crippen molar-refractivity contribution in [2.45, 2.75) is 39.5 Å². The maximum absolute atomic E-state index is 13.1. The number of hydrogen-bond acceptors (Lipinski definition) is 3. The summed E-state index contributed by atoms with van der Waals surface area (Å²) in [7, 11) is 0. The molecule has 0 saturated carbocycles. The predicted octanol–water partition coefficient (Wildman–Crippen LogP) is 6.15. The third-order valence-electron chi connectivity index (χ3n) is 4.61. The van der Waals surface area contributed by atoms with E-state index in [2.05, 4.69) is 26.2 Å². The molecule has 0 atom stereocenters. The van der Waals surface area contributed by atoms with E-state index in [1.54, 1.807) is 6.33 Å². The summed E-state index contributed by atoms with van der Waals surface area (Å²) in [5, 5.41) is 3.06. The predicted molar refractivity (Wildman–Crippen MR) is 112 cm³/mol. The van der Waals surface area contributed by atoms with E-state index in [0.717, 1.165) is 33.7 Å². The van der Waals surface area contributed by atoms with Crippen molar-refractivity contribution in [3.8, 4) is 5.69 Å². The van der Waals surface area contributed by atoms with Gasteiger partial charge in [0.05, 0.1) is 11.2 Å². The number of hydrogen-bond donors (Lipinski definition) is 1. The van der Waals surface area contributed by atoms with Gasteiger partial charge in [0, 0.05) is 35.1 Å². The van der Waals surface area contributed by atoms with E-state index in [-0.39, 0.29) is 18.7 Å². The van der Waals surface area contributed by atoms with E-state index < -0.39 is 5.92 Å². The summed E-state index contributed by atoms with van der Waals surface area (Å²) in [5.41, 5.74) is 4.76. The van der Waals surface area contributed by atoms with Crippen LogP contribution >= 0.6 is 15.9 Å². The number of nitrogens with zero attached hydrogens (tertiary/aromatic N) is 2. The molecular weight excluding hydrogens is 428 g/mol. The molecule has 0 spiro atoms. The lowest BCUT2D eigenvalue weighted by atomic mass is 10.0. The number of carbonyl (C=O) groups is 1. The van der Waals surface area contributed by atoms with Gasteiger partial charge in [0.25, 0.3) is 0 Å². The molecule has 148 valence electrons. The minimum absolute atomic E-state index is 0.112. The van der Waals surface area contributed by atoms with E-state index in [1.807, 2.05) is 48.7 Å². The molecule has 0 amide bonds. The Morgan fingerprint density at radius 3 is 2.68 bits per heavy atom. The fourth-order valence-corrected chi connectivity index (χ4v) is 3.59. The highest BCUT2D eigenvalue weighted by Gasteiger charge is 2.20. The van der Waals surface area contributed by atoms with E-state index in [4.69, 9.17) is 0 Å². The molecule has 3 rings (SSSR count). The van der Waals surface area contributed by atoms with Crippen molar-refractivity contribution in [2.24, 2.45) is 0 Å². The zero-order valence-electron chi connectivity index (χ0n) is 16.0. The topological polar surface area (TPSA) is 46.9 Å². The average Bonchev–Trinajstić information content (AvgIpc) is 3.03. The zero-order chi connectivity index (χ0) is 20.5. The van der Waals surface area contributed by atoms with Gasteiger partial charge in [-0.3, -0.25) is 9.36 Å². The van der Waals surface area contributed by atoms with Crippen LogP contribution in [0.25, 0.3) is 16.7 Å². The minimum atomic E-state index is -2.72. The molecule has 0 fully saturated rings. The Morgan fingerprint density at radius 1 is 1.29 bits per heavy atom. The van der Waals surface area contributed by atoms with Gasteiger partial charge in [-0.1, -0.05) is 22.9 Å². The van der Waals surface area contributed by atoms with Gasteiger partial charge < -0.3 is 5.32 Å². The van der Waals surface area contributed by atoms with Crippen molar-refractivity contribution in [2.75, 3.05) is 11.9 Å². The first-order valence-electron chi connectivity index (χ1n) is 9.12. The van der Waals surface area contributed by atoms with E-state index in [9.17, 15) is 13.6 Å². The number of aryl methyl sites for hydroxylation is 1. The number of Topliss-reactive ketones (excluding diaryl/α,β-unsaturated/α-hetero) is 1. The van der Waals surface area contributed by atoms with Crippen LogP contribution < -0.4 is 5.32 Å². The highest BCUT2D eigenvalue weighted by atomic mass is 79.9. The summed E-state index contributed by atoms with van der Waals surface area (Å²) in [6, 6.07) is 9.45. The quantitative estimate of drug-likeness (QED) is 0.440. The van der Waals surface area contributed by atoms with Crippen LogP contribution in [0.5, 0.6) is 0 Å². The first-order valence-corrected chi connectivity index (χ1v) is 9.91. The molecule has 1 heterocycles. The van der Waals surface area contributed by atoms with Crippen LogP contribution in [-0.4, -0.2) is 27.8 Å². The summed E-state index contributed by atoms with van der Waals surface area (Å²) in [4.78, 5) is 16.5. The molecule has 0 unspecified atom stereocenters. The van der Waals surface area contributed by atoms with Gasteiger partial charge in [-0.15, -0.1) is 0 Å². The summed E-state index contributed by atoms with van der Waals surface area (Å²) in [6.45, 7) is 4.82. The zero-order valence-corrected chi connectivity index (χ0v) is 17.6. The highest BCUT2D eigenvalue weighted by Crippen LogP contribution is 2.30. The largest absolute Gasteiger partial charge is 0.383 e. The van der Waals surface area contributed by atoms with Gasteiger partial charge in [-0.05, 0) is 49.7 Å². The molecular formula is C21H22BrF2N3O. The first kappa shape index (κ1) is 20.5. The Labute approximate surface area is 171 Å². The molecule has 0 bridgehead atoms. The van der Waals surface area contributed by atoms with Crippen LogP contribution in [0, 0.1) is 6.92 Å². The van der Waals surface area contributed by atoms with Crippen LogP contribution in [0.2, 0.25) is 0 Å². The van der Waals surface area contributed by atoms with Gasteiger partial charge >= 0.3 is 0 Å². The second-order valence-corrected chi connectivity index (χ2v) is 7.87. The van der Waals surface area contributed by atoms with Crippen molar-refractivity contribution < 1.29 is 13.6 Å². The number of benzene rings is 2. The minimum Gasteiger partial charge on any atom is -0.383 e. The number of halogens is 3. The molecule has 0 radical (unpaired) electrons. The molecule has 0 aliphatic heterocycles. The molecule has 28 heavy (non-hydrogen) atoms. The lowest BCUT2D eigenvalue weighted by Gasteiger charge is -2.13. The summed E-state index contributed by atoms with van der Waals surface area (Å²) < 4.78 is 29.0. The number of rotatable bonds is 7.